The molecular weight excluding hydrogens is 126 g/mol. The lowest BCUT2D eigenvalue weighted by Gasteiger charge is -2.06. The van der Waals surface area contributed by atoms with Gasteiger partial charge in [-0.1, -0.05) is 18.6 Å². The van der Waals surface area contributed by atoms with Crippen molar-refractivity contribution < 1.29 is 5.11 Å². The van der Waals surface area contributed by atoms with Crippen LogP contribution in [0.3, 0.4) is 0 Å². The fraction of sp³-hybridized carbons (Fsp3) is 0.750. The van der Waals surface area contributed by atoms with Crippen molar-refractivity contribution >= 4 is 0 Å². The topological polar surface area (TPSA) is 46.2 Å². The highest BCUT2D eigenvalue weighted by molar-refractivity contribution is 5.15. The average Bonchev–Trinajstić information content (AvgIpc) is 2.14. The lowest BCUT2D eigenvalue weighted by Crippen LogP contribution is -2.21. The Labute approximate surface area is 61.7 Å². The monoisotopic (exact) mass is 141 g/mol. The van der Waals surface area contributed by atoms with Crippen molar-refractivity contribution in [2.24, 2.45) is 11.7 Å². The zero-order valence-electron chi connectivity index (χ0n) is 6.38. The quantitative estimate of drug-likeness (QED) is 0.555. The van der Waals surface area contributed by atoms with Crippen LogP contribution < -0.4 is 5.73 Å². The zero-order valence-corrected chi connectivity index (χ0v) is 6.38. The summed E-state index contributed by atoms with van der Waals surface area (Å²) in [6, 6.07) is 0.224. The van der Waals surface area contributed by atoms with Gasteiger partial charge in [0.15, 0.2) is 0 Å². The standard InChI is InChI=1S/C8H15NO/c1-6-4-7(2-3-10)5-8(6)9/h5-6,8,10H,2-4,9H2,1H3. The van der Waals surface area contributed by atoms with Crippen molar-refractivity contribution in [3.63, 3.8) is 0 Å². The molecule has 2 unspecified atom stereocenters. The van der Waals surface area contributed by atoms with Crippen molar-refractivity contribution in [2.75, 3.05) is 6.61 Å². The third-order valence-corrected chi connectivity index (χ3v) is 2.10. The van der Waals surface area contributed by atoms with Crippen molar-refractivity contribution in [1.82, 2.24) is 0 Å². The first-order valence-electron chi connectivity index (χ1n) is 3.80. The van der Waals surface area contributed by atoms with Crippen LogP contribution in [0, 0.1) is 5.92 Å². The van der Waals surface area contributed by atoms with Gasteiger partial charge in [0, 0.05) is 12.6 Å². The second-order valence-corrected chi connectivity index (χ2v) is 3.06. The normalized spacial score (nSPS) is 32.5. The highest BCUT2D eigenvalue weighted by Crippen LogP contribution is 2.25. The molecule has 0 aromatic rings. The van der Waals surface area contributed by atoms with Gasteiger partial charge in [0.25, 0.3) is 0 Å². The van der Waals surface area contributed by atoms with Gasteiger partial charge in [-0.3, -0.25) is 0 Å². The highest BCUT2D eigenvalue weighted by atomic mass is 16.2. The molecule has 58 valence electrons. The van der Waals surface area contributed by atoms with Crippen LogP contribution in [0.25, 0.3) is 0 Å². The number of aliphatic hydroxyl groups is 1. The Kier molecular flexibility index (Phi) is 2.46. The van der Waals surface area contributed by atoms with E-state index in [0.29, 0.717) is 5.92 Å². The Morgan fingerprint density at radius 2 is 2.50 bits per heavy atom. The fourth-order valence-corrected chi connectivity index (χ4v) is 1.38. The van der Waals surface area contributed by atoms with Crippen molar-refractivity contribution in [3.8, 4) is 0 Å². The second-order valence-electron chi connectivity index (χ2n) is 3.06. The Morgan fingerprint density at radius 3 is 2.90 bits per heavy atom. The van der Waals surface area contributed by atoms with Crippen molar-refractivity contribution in [1.29, 1.82) is 0 Å². The van der Waals surface area contributed by atoms with E-state index in [2.05, 4.69) is 13.0 Å². The van der Waals surface area contributed by atoms with Crippen LogP contribution in [0.1, 0.15) is 19.8 Å². The minimum absolute atomic E-state index is 0.224. The van der Waals surface area contributed by atoms with E-state index in [-0.39, 0.29) is 12.6 Å². The van der Waals surface area contributed by atoms with Gasteiger partial charge in [0.1, 0.15) is 0 Å². The summed E-state index contributed by atoms with van der Waals surface area (Å²) >= 11 is 0. The van der Waals surface area contributed by atoms with Gasteiger partial charge in [-0.25, -0.2) is 0 Å². The molecule has 0 heterocycles. The molecule has 1 rings (SSSR count). The van der Waals surface area contributed by atoms with Crippen LogP contribution in [-0.2, 0) is 0 Å². The number of hydrogen-bond acceptors (Lipinski definition) is 2. The summed E-state index contributed by atoms with van der Waals surface area (Å²) in [7, 11) is 0. The molecule has 0 amide bonds. The molecule has 2 atom stereocenters. The first-order chi connectivity index (χ1) is 4.74. The highest BCUT2D eigenvalue weighted by Gasteiger charge is 2.19. The maximum absolute atomic E-state index is 8.62. The molecule has 2 heteroatoms. The van der Waals surface area contributed by atoms with E-state index < -0.39 is 0 Å². The van der Waals surface area contributed by atoms with Crippen molar-refractivity contribution in [2.45, 2.75) is 25.8 Å². The van der Waals surface area contributed by atoms with Gasteiger partial charge in [-0.15, -0.1) is 0 Å². The van der Waals surface area contributed by atoms with Crippen molar-refractivity contribution in [3.05, 3.63) is 11.6 Å². The number of rotatable bonds is 2. The molecule has 0 saturated heterocycles. The summed E-state index contributed by atoms with van der Waals surface area (Å²) < 4.78 is 0. The SMILES string of the molecule is CC1CC(CCO)=CC1N. The van der Waals surface area contributed by atoms with Crippen LogP contribution in [0.5, 0.6) is 0 Å². The summed E-state index contributed by atoms with van der Waals surface area (Å²) in [4.78, 5) is 0. The average molecular weight is 141 g/mol. The Hall–Kier alpha value is -0.340. The summed E-state index contributed by atoms with van der Waals surface area (Å²) in [6.07, 6.45) is 3.96. The van der Waals surface area contributed by atoms with Gasteiger partial charge in [0.2, 0.25) is 0 Å². The van der Waals surface area contributed by atoms with E-state index in [4.69, 9.17) is 10.8 Å². The predicted octanol–water partition coefficient (Wildman–Crippen LogP) is 0.662. The summed E-state index contributed by atoms with van der Waals surface area (Å²) in [5.74, 6) is 0.571. The largest absolute Gasteiger partial charge is 0.396 e. The smallest absolute Gasteiger partial charge is 0.0468 e. The van der Waals surface area contributed by atoms with Crippen LogP contribution in [-0.4, -0.2) is 17.8 Å². The number of nitrogens with two attached hydrogens (primary N) is 1. The summed E-state index contributed by atoms with van der Waals surface area (Å²) in [5.41, 5.74) is 7.06. The molecule has 2 nitrogen and oxygen atoms in total. The van der Waals surface area contributed by atoms with Gasteiger partial charge in [0.05, 0.1) is 0 Å². The first-order valence-corrected chi connectivity index (χ1v) is 3.80. The predicted molar refractivity (Wildman–Crippen MR) is 41.5 cm³/mol. The van der Waals surface area contributed by atoms with Gasteiger partial charge in [-0.2, -0.15) is 0 Å². The van der Waals surface area contributed by atoms with Gasteiger partial charge < -0.3 is 10.8 Å². The zero-order chi connectivity index (χ0) is 7.56. The van der Waals surface area contributed by atoms with Crippen LogP contribution in [0.2, 0.25) is 0 Å². The van der Waals surface area contributed by atoms with E-state index in [1.54, 1.807) is 0 Å². The lowest BCUT2D eigenvalue weighted by atomic mass is 10.0. The molecule has 0 fully saturated rings. The molecule has 10 heavy (non-hydrogen) atoms. The molecule has 0 bridgehead atoms. The Balaban J connectivity index is 2.42. The third kappa shape index (κ3) is 1.58. The van der Waals surface area contributed by atoms with Gasteiger partial charge >= 0.3 is 0 Å². The minimum Gasteiger partial charge on any atom is -0.396 e. The molecule has 3 N–H and O–H groups in total. The number of hydrogen-bond donors (Lipinski definition) is 2. The molecule has 1 aliphatic carbocycles. The van der Waals surface area contributed by atoms with E-state index in [1.807, 2.05) is 0 Å². The van der Waals surface area contributed by atoms with Crippen LogP contribution in [0.15, 0.2) is 11.6 Å². The van der Waals surface area contributed by atoms with E-state index in [9.17, 15) is 0 Å². The second kappa shape index (κ2) is 3.17. The molecule has 0 radical (unpaired) electrons. The maximum atomic E-state index is 8.62. The van der Waals surface area contributed by atoms with Crippen LogP contribution in [0.4, 0.5) is 0 Å². The van der Waals surface area contributed by atoms with E-state index >= 15 is 0 Å². The van der Waals surface area contributed by atoms with E-state index in [0.717, 1.165) is 12.8 Å². The van der Waals surface area contributed by atoms with Crippen LogP contribution >= 0.6 is 0 Å². The molecule has 1 aliphatic rings. The summed E-state index contributed by atoms with van der Waals surface area (Å²) in [6.45, 7) is 2.40. The molecular formula is C8H15NO. The minimum atomic E-state index is 0.224. The van der Waals surface area contributed by atoms with E-state index in [1.165, 1.54) is 5.57 Å². The lowest BCUT2D eigenvalue weighted by molar-refractivity contribution is 0.297. The van der Waals surface area contributed by atoms with Gasteiger partial charge in [-0.05, 0) is 18.8 Å². The molecule has 0 aromatic heterocycles. The molecule has 0 aromatic carbocycles. The molecule has 0 aliphatic heterocycles. The summed E-state index contributed by atoms with van der Waals surface area (Å²) in [5, 5.41) is 8.62. The molecule has 0 spiro atoms. The Bertz CT molecular complexity index is 142. The fourth-order valence-electron chi connectivity index (χ4n) is 1.38. The Morgan fingerprint density at radius 1 is 1.80 bits per heavy atom. The molecule has 0 saturated carbocycles. The first kappa shape index (κ1) is 7.76. The third-order valence-electron chi connectivity index (χ3n) is 2.10. The maximum Gasteiger partial charge on any atom is 0.0468 e. The number of aliphatic hydroxyl groups excluding tert-OH is 1.